The quantitative estimate of drug-likeness (QED) is 0.524. The lowest BCUT2D eigenvalue weighted by Crippen LogP contribution is -2.28. The van der Waals surface area contributed by atoms with Crippen molar-refractivity contribution in [2.24, 2.45) is 0 Å². The molecule has 1 atom stereocenters. The minimum atomic E-state index is -0.411. The van der Waals surface area contributed by atoms with Crippen LogP contribution in [-0.2, 0) is 16.3 Å². The summed E-state index contributed by atoms with van der Waals surface area (Å²) < 4.78 is 6.23. The molecular formula is C17H15N3O3S. The average molecular weight is 341 g/mol. The van der Waals surface area contributed by atoms with Crippen LogP contribution in [0.15, 0.2) is 64.3 Å². The molecule has 7 heteroatoms. The molecule has 24 heavy (non-hydrogen) atoms. The highest BCUT2D eigenvalue weighted by atomic mass is 32.2. The summed E-state index contributed by atoms with van der Waals surface area (Å²) in [6, 6.07) is 16.5. The first-order valence-electron chi connectivity index (χ1n) is 7.36. The Morgan fingerprint density at radius 2 is 1.88 bits per heavy atom. The van der Waals surface area contributed by atoms with Crippen molar-refractivity contribution in [3.63, 3.8) is 0 Å². The van der Waals surface area contributed by atoms with E-state index >= 15 is 0 Å². The third-order valence-electron chi connectivity index (χ3n) is 3.35. The maximum atomic E-state index is 12.3. The van der Waals surface area contributed by atoms with Crippen LogP contribution in [0.3, 0.4) is 0 Å². The van der Waals surface area contributed by atoms with Crippen molar-refractivity contribution >= 4 is 28.6 Å². The van der Waals surface area contributed by atoms with Gasteiger partial charge >= 0.3 is 5.97 Å². The number of rotatable bonds is 5. The molecule has 1 aromatic heterocycles. The molecule has 1 heterocycles. The van der Waals surface area contributed by atoms with Crippen molar-refractivity contribution in [2.75, 3.05) is 0 Å². The van der Waals surface area contributed by atoms with Gasteiger partial charge in [-0.15, -0.1) is 16.9 Å². The molecule has 2 aromatic carbocycles. The summed E-state index contributed by atoms with van der Waals surface area (Å²) in [5.41, 5.74) is 0.176. The molecule has 6 nitrogen and oxygen atoms in total. The Morgan fingerprint density at radius 1 is 1.17 bits per heavy atom. The van der Waals surface area contributed by atoms with Crippen molar-refractivity contribution in [3.05, 3.63) is 65.0 Å². The molecule has 0 saturated carbocycles. The molecule has 0 aliphatic carbocycles. The van der Waals surface area contributed by atoms with Crippen molar-refractivity contribution in [1.82, 2.24) is 15.0 Å². The Morgan fingerprint density at radius 3 is 2.67 bits per heavy atom. The Bertz CT molecular complexity index is 912. The minimum absolute atomic E-state index is 0.255. The van der Waals surface area contributed by atoms with Gasteiger partial charge in [-0.1, -0.05) is 35.5 Å². The highest BCUT2D eigenvalue weighted by Crippen LogP contribution is 2.23. The summed E-state index contributed by atoms with van der Waals surface area (Å²) >= 11 is 1.40. The molecule has 0 N–H and O–H groups in total. The van der Waals surface area contributed by atoms with E-state index in [1.165, 1.54) is 11.8 Å². The van der Waals surface area contributed by atoms with Crippen molar-refractivity contribution < 1.29 is 9.53 Å². The topological polar surface area (TPSA) is 74.1 Å². The molecule has 0 bridgehead atoms. The zero-order valence-electron chi connectivity index (χ0n) is 13.0. The molecule has 0 fully saturated rings. The van der Waals surface area contributed by atoms with E-state index < -0.39 is 11.2 Å². The summed E-state index contributed by atoms with van der Waals surface area (Å²) in [5, 5.41) is 7.79. The molecule has 0 unspecified atom stereocenters. The number of hydrogen-bond acceptors (Lipinski definition) is 6. The van der Waals surface area contributed by atoms with Crippen LogP contribution >= 0.6 is 11.8 Å². The second-order valence-electron chi connectivity index (χ2n) is 5.08. The predicted octanol–water partition coefficient (Wildman–Crippen LogP) is 2.47. The lowest BCUT2D eigenvalue weighted by atomic mass is 10.2. The number of carbonyl (C=O) groups is 1. The molecule has 0 aliphatic rings. The summed E-state index contributed by atoms with van der Waals surface area (Å²) in [6.45, 7) is 1.50. The van der Waals surface area contributed by atoms with Gasteiger partial charge in [-0.05, 0) is 31.2 Å². The summed E-state index contributed by atoms with van der Waals surface area (Å²) in [4.78, 5) is 25.3. The fourth-order valence-electron chi connectivity index (χ4n) is 2.10. The van der Waals surface area contributed by atoms with E-state index in [1.54, 1.807) is 31.2 Å². The van der Waals surface area contributed by atoms with Gasteiger partial charge in [0.1, 0.15) is 10.8 Å². The Labute approximate surface area is 142 Å². The van der Waals surface area contributed by atoms with E-state index in [0.29, 0.717) is 10.9 Å². The van der Waals surface area contributed by atoms with E-state index in [1.807, 2.05) is 30.3 Å². The third kappa shape index (κ3) is 3.62. The lowest BCUT2D eigenvalue weighted by molar-refractivity contribution is -0.147. The standard InChI is InChI=1S/C17H15N3O3S/c1-12(24-13-7-3-2-4-8-13)17(22)23-11-20-16(21)14-9-5-6-10-15(14)18-19-20/h2-10,12H,11H2,1H3/t12-/m0/s1. The maximum Gasteiger partial charge on any atom is 0.320 e. The molecule has 0 spiro atoms. The smallest absolute Gasteiger partial charge is 0.320 e. The van der Waals surface area contributed by atoms with Crippen LogP contribution < -0.4 is 5.56 Å². The van der Waals surface area contributed by atoms with Crippen molar-refractivity contribution in [1.29, 1.82) is 0 Å². The zero-order valence-corrected chi connectivity index (χ0v) is 13.8. The Hall–Kier alpha value is -2.67. The molecule has 122 valence electrons. The second-order valence-corrected chi connectivity index (χ2v) is 6.49. The monoisotopic (exact) mass is 341 g/mol. The van der Waals surface area contributed by atoms with E-state index in [4.69, 9.17) is 4.74 Å². The predicted molar refractivity (Wildman–Crippen MR) is 91.7 cm³/mol. The Kier molecular flexibility index (Phi) is 4.90. The first-order chi connectivity index (χ1) is 11.6. The molecule has 0 amide bonds. The zero-order chi connectivity index (χ0) is 16.9. The van der Waals surface area contributed by atoms with Gasteiger partial charge in [0.25, 0.3) is 5.56 Å². The van der Waals surface area contributed by atoms with Gasteiger partial charge in [0.2, 0.25) is 0 Å². The highest BCUT2D eigenvalue weighted by Gasteiger charge is 2.16. The first kappa shape index (κ1) is 16.2. The second kappa shape index (κ2) is 7.27. The average Bonchev–Trinajstić information content (AvgIpc) is 2.62. The van der Waals surface area contributed by atoms with Gasteiger partial charge in [-0.25, -0.2) is 0 Å². The SMILES string of the molecule is C[C@H](Sc1ccccc1)C(=O)OCn1nnc2ccccc2c1=O. The molecule has 0 radical (unpaired) electrons. The number of nitrogens with zero attached hydrogens (tertiary/aromatic N) is 3. The van der Waals surface area contributed by atoms with Crippen LogP contribution in [-0.4, -0.2) is 26.2 Å². The van der Waals surface area contributed by atoms with Crippen LogP contribution in [0.4, 0.5) is 0 Å². The molecule has 0 aliphatic heterocycles. The number of benzene rings is 2. The van der Waals surface area contributed by atoms with E-state index in [9.17, 15) is 9.59 Å². The summed E-state index contributed by atoms with van der Waals surface area (Å²) in [5.74, 6) is -0.411. The molecular weight excluding hydrogens is 326 g/mol. The first-order valence-corrected chi connectivity index (χ1v) is 8.24. The van der Waals surface area contributed by atoms with E-state index in [2.05, 4.69) is 10.3 Å². The van der Waals surface area contributed by atoms with Crippen LogP contribution in [0.2, 0.25) is 0 Å². The van der Waals surface area contributed by atoms with Crippen LogP contribution in [0.1, 0.15) is 6.92 Å². The van der Waals surface area contributed by atoms with Gasteiger partial charge in [-0.3, -0.25) is 9.59 Å². The molecule has 0 saturated heterocycles. The van der Waals surface area contributed by atoms with Gasteiger partial charge in [0, 0.05) is 4.90 Å². The highest BCUT2D eigenvalue weighted by molar-refractivity contribution is 8.00. The Balaban J connectivity index is 1.66. The fraction of sp³-hybridized carbons (Fsp3) is 0.176. The number of carbonyl (C=O) groups excluding carboxylic acids is 1. The van der Waals surface area contributed by atoms with Gasteiger partial charge in [0.15, 0.2) is 6.73 Å². The molecule has 3 rings (SSSR count). The van der Waals surface area contributed by atoms with Gasteiger partial charge < -0.3 is 4.74 Å². The number of fused-ring (bicyclic) bond motifs is 1. The fourth-order valence-corrected chi connectivity index (χ4v) is 2.99. The van der Waals surface area contributed by atoms with Gasteiger partial charge in [-0.2, -0.15) is 4.68 Å². The van der Waals surface area contributed by atoms with Crippen LogP contribution in [0, 0.1) is 0 Å². The summed E-state index contributed by atoms with van der Waals surface area (Å²) in [7, 11) is 0. The van der Waals surface area contributed by atoms with Crippen molar-refractivity contribution in [2.45, 2.75) is 23.8 Å². The van der Waals surface area contributed by atoms with E-state index in [0.717, 1.165) is 9.58 Å². The van der Waals surface area contributed by atoms with Crippen LogP contribution in [0.5, 0.6) is 0 Å². The number of thioether (sulfide) groups is 1. The maximum absolute atomic E-state index is 12.3. The normalized spacial score (nSPS) is 12.0. The third-order valence-corrected chi connectivity index (χ3v) is 4.44. The van der Waals surface area contributed by atoms with Crippen molar-refractivity contribution in [3.8, 4) is 0 Å². The lowest BCUT2D eigenvalue weighted by Gasteiger charge is -2.11. The largest absolute Gasteiger partial charge is 0.441 e. The van der Waals surface area contributed by atoms with Gasteiger partial charge in [0.05, 0.1) is 5.39 Å². The number of esters is 1. The van der Waals surface area contributed by atoms with Crippen LogP contribution in [0.25, 0.3) is 10.9 Å². The minimum Gasteiger partial charge on any atom is -0.441 e. The number of ether oxygens (including phenoxy) is 1. The number of aromatic nitrogens is 3. The molecule has 3 aromatic rings. The summed E-state index contributed by atoms with van der Waals surface area (Å²) in [6.07, 6.45) is 0. The number of hydrogen-bond donors (Lipinski definition) is 0. The van der Waals surface area contributed by atoms with E-state index in [-0.39, 0.29) is 12.3 Å².